The highest BCUT2D eigenvalue weighted by molar-refractivity contribution is 8.12. The molecular weight excluding hydrogens is 1290 g/mol. The second-order valence-corrected chi connectivity index (χ2v) is 12.6. The fourth-order valence-corrected chi connectivity index (χ4v) is 4.47. The smallest absolute Gasteiger partial charge is 0.169 e. The normalized spacial score (nSPS) is 11.0. The first-order valence-electron chi connectivity index (χ1n) is 41.0. The van der Waals surface area contributed by atoms with Crippen LogP contribution in [0.1, 0.15) is 350 Å². The summed E-state index contributed by atoms with van der Waals surface area (Å²) >= 11 is 3.43. The molecule has 620 valence electrons. The maximum absolute atomic E-state index is 4.76. The number of hydrazone groups is 1. The number of hydrogen-bond acceptors (Lipinski definition) is 19. The highest BCUT2D eigenvalue weighted by Gasteiger charge is 1.89. The second-order valence-electron chi connectivity index (χ2n) is 10.8. The molecule has 0 bridgehead atoms. The van der Waals surface area contributed by atoms with E-state index in [9.17, 15) is 0 Å². The molecule has 0 unspecified atom stereocenters. The van der Waals surface area contributed by atoms with Crippen LogP contribution in [0.3, 0.4) is 0 Å². The van der Waals surface area contributed by atoms with E-state index in [0.29, 0.717) is 0 Å². The van der Waals surface area contributed by atoms with Gasteiger partial charge >= 0.3 is 0 Å². The highest BCUT2D eigenvalue weighted by atomic mass is 32.2. The molecule has 0 radical (unpaired) electrons. The zero-order chi connectivity index (χ0) is 84.3. The van der Waals surface area contributed by atoms with Gasteiger partial charge in [0.1, 0.15) is 19.5 Å². The number of ether oxygens (including phenoxy) is 2. The van der Waals surface area contributed by atoms with Gasteiger partial charge in [-0.1, -0.05) is 316 Å². The molecule has 17 nitrogen and oxygen atoms in total. The van der Waals surface area contributed by atoms with Crippen molar-refractivity contribution in [2.24, 2.45) is 34.6 Å². The predicted octanol–water partition coefficient (Wildman–Crippen LogP) is 27.7. The number of aromatic nitrogens is 4. The Hall–Kier alpha value is -5.17. The Labute approximate surface area is 649 Å². The summed E-state index contributed by atoms with van der Waals surface area (Å²) in [7, 11) is 0. The molecule has 11 rings (SSSR count). The Morgan fingerprint density at radius 3 is 0.960 bits per heavy atom. The van der Waals surface area contributed by atoms with E-state index in [1.165, 1.54) is 49.9 Å². The maximum atomic E-state index is 4.76. The third-order valence-corrected chi connectivity index (χ3v) is 7.51. The lowest BCUT2D eigenvalue weighted by molar-refractivity contribution is 0.174. The van der Waals surface area contributed by atoms with Gasteiger partial charge in [-0.15, -0.1) is 11.8 Å². The molecule has 11 heterocycles. The lowest BCUT2D eigenvalue weighted by Gasteiger charge is -1.79. The van der Waals surface area contributed by atoms with Crippen LogP contribution in [0.25, 0.3) is 0 Å². The molecule has 0 saturated carbocycles. The predicted molar refractivity (Wildman–Crippen MR) is 490 cm³/mol. The third kappa shape index (κ3) is 304. The molecular formula is C82H192N14O3S2. The minimum Gasteiger partial charge on any atom is -0.501 e. The summed E-state index contributed by atoms with van der Waals surface area (Å²) in [5, 5.41) is 13.1. The average molecular weight is 1490 g/mol. The Morgan fingerprint density at radius 1 is 0.347 bits per heavy atom. The number of rotatable bonds is 0. The van der Waals surface area contributed by atoms with Gasteiger partial charge in [0.05, 0.1) is 37.8 Å². The Balaban J connectivity index is -0.0000000323. The molecule has 0 aromatic carbocycles. The Bertz CT molecular complexity index is 1020. The van der Waals surface area contributed by atoms with Crippen LogP contribution in [0.5, 0.6) is 0 Å². The quantitative estimate of drug-likeness (QED) is 0.211. The Morgan fingerprint density at radius 2 is 0.851 bits per heavy atom. The summed E-state index contributed by atoms with van der Waals surface area (Å²) in [6.45, 7) is 97.5. The van der Waals surface area contributed by atoms with E-state index >= 15 is 0 Å². The van der Waals surface area contributed by atoms with Crippen molar-refractivity contribution >= 4 is 66.9 Å². The van der Waals surface area contributed by atoms with Gasteiger partial charge in [0, 0.05) is 119 Å². The van der Waals surface area contributed by atoms with Crippen molar-refractivity contribution in [3.8, 4) is 0 Å². The number of hydrogen-bond donors (Lipinski definition) is 3. The molecule has 9 aliphatic heterocycles. The molecule has 2 aromatic rings. The SMILES string of the molecule is C1=CNCC1.C1=COCC1.C1=NCCC1.C1=NCCN1.C1=NCCO1.C1=NCCS1.C1=NNCC1.C1=NOCC1.C1=NSCC1.CC.CC.CC.CC.CC.CC.CC.CC.CC.CC.CC.CC.CC.CC.CC.CC.CC.CC.CC.CC.CC.CC.c1cnccn1.c1cncnc1. The number of nitrogens with one attached hydrogen (secondary N) is 3. The molecule has 0 fully saturated rings. The van der Waals surface area contributed by atoms with Gasteiger partial charge in [0.25, 0.3) is 0 Å². The molecule has 0 atom stereocenters. The maximum Gasteiger partial charge on any atom is 0.169 e. The standard InChI is InChI=1S/2C4H4N2.2C4H7N.C4H6O.2C3H6N2.2C3H5NO.2C3H5NS.22C2H6/c1-2-6-4-3-5-1;1-2-5-4-6-3-1;3*1-2-4-5-3-1;1-2-5-3-4-1;1-2-4-5-3-1;1-2-5-3-4-1;1-2-4-5-3-1;1-2-5-3-4-1;1-2-4-5-3-1;22*1-2/h2*1-4H;3H,1-2,4H2;1,3,5H,2,4H2;1,3H,2,4H2;3H,1-2H2,(H,4,5);2,5H,1,3H2;3H,1-2H2;2H,1,3H2;3H,1-2H2;2H,1,3H2;22*1-2H3. The summed E-state index contributed by atoms with van der Waals surface area (Å²) in [5.41, 5.74) is 4.69. The second kappa shape index (κ2) is 311. The van der Waals surface area contributed by atoms with Crippen molar-refractivity contribution in [3.05, 3.63) is 74.2 Å². The molecule has 0 saturated heterocycles. The van der Waals surface area contributed by atoms with Gasteiger partial charge in [-0.05, 0) is 62.2 Å². The van der Waals surface area contributed by atoms with Crippen molar-refractivity contribution < 1.29 is 14.3 Å². The van der Waals surface area contributed by atoms with Gasteiger partial charge in [0.15, 0.2) is 6.40 Å². The van der Waals surface area contributed by atoms with E-state index in [-0.39, 0.29) is 0 Å². The largest absolute Gasteiger partial charge is 0.501 e. The first kappa shape index (κ1) is 158. The van der Waals surface area contributed by atoms with Crippen LogP contribution in [0.2, 0.25) is 0 Å². The summed E-state index contributed by atoms with van der Waals surface area (Å²) in [5.74, 6) is 2.39. The van der Waals surface area contributed by atoms with Gasteiger partial charge < -0.3 is 30.4 Å². The van der Waals surface area contributed by atoms with Gasteiger partial charge in [-0.2, -0.15) is 5.10 Å². The van der Waals surface area contributed by atoms with Gasteiger partial charge in [-0.3, -0.25) is 29.9 Å². The van der Waals surface area contributed by atoms with Crippen molar-refractivity contribution in [1.82, 2.24) is 36.0 Å². The molecule has 3 N–H and O–H groups in total. The van der Waals surface area contributed by atoms with E-state index in [1.807, 2.05) is 341 Å². The zero-order valence-corrected chi connectivity index (χ0v) is 78.5. The van der Waals surface area contributed by atoms with Crippen molar-refractivity contribution in [3.63, 3.8) is 0 Å². The number of aliphatic imine (C=N–C) groups is 4. The topological polar surface area (TPSA) is 202 Å². The molecule has 9 aliphatic rings. The number of oxime groups is 1. The molecule has 0 aliphatic carbocycles. The third-order valence-electron chi connectivity index (χ3n) is 6.08. The summed E-state index contributed by atoms with van der Waals surface area (Å²) < 4.78 is 13.3. The molecule has 101 heavy (non-hydrogen) atoms. The van der Waals surface area contributed by atoms with E-state index in [0.717, 1.165) is 84.9 Å². The molecule has 0 spiro atoms. The average Bonchev–Trinajstić information content (AvgIpc) is 4.76. The van der Waals surface area contributed by atoms with Gasteiger partial charge in [-0.25, -0.2) is 14.4 Å². The lowest BCUT2D eigenvalue weighted by Crippen LogP contribution is -2.04. The van der Waals surface area contributed by atoms with E-state index in [1.54, 1.807) is 85.8 Å². The van der Waals surface area contributed by atoms with Crippen LogP contribution in [-0.2, 0) is 14.3 Å². The van der Waals surface area contributed by atoms with Crippen LogP contribution in [0, 0.1) is 0 Å². The van der Waals surface area contributed by atoms with Crippen molar-refractivity contribution in [2.75, 3.05) is 77.1 Å². The number of nitrogens with zero attached hydrogens (tertiary/aromatic N) is 11. The number of thioether (sulfide) groups is 1. The zero-order valence-electron chi connectivity index (χ0n) is 76.9. The van der Waals surface area contributed by atoms with Crippen LogP contribution in [0.4, 0.5) is 0 Å². The van der Waals surface area contributed by atoms with Crippen LogP contribution in [0.15, 0.2) is 109 Å². The molecule has 0 amide bonds. The fraction of sp³-hybridized carbons (Fsp3) is 0.768. The summed E-state index contributed by atoms with van der Waals surface area (Å²) in [6, 6.07) is 1.78. The minimum absolute atomic E-state index is 0.778. The minimum atomic E-state index is 0.778. The summed E-state index contributed by atoms with van der Waals surface area (Å²) in [6.07, 6.45) is 38.1. The molecule has 19 heteroatoms. The fourth-order valence-electron chi connectivity index (χ4n) is 3.42. The molecule has 2 aromatic heterocycles. The van der Waals surface area contributed by atoms with Crippen LogP contribution >= 0.6 is 23.7 Å². The van der Waals surface area contributed by atoms with Crippen LogP contribution < -0.4 is 16.1 Å². The van der Waals surface area contributed by atoms with Crippen molar-refractivity contribution in [2.45, 2.75) is 350 Å². The van der Waals surface area contributed by atoms with E-state index < -0.39 is 0 Å². The Kier molecular flexibility index (Phi) is 486. The lowest BCUT2D eigenvalue weighted by atomic mass is 10.4. The first-order valence-corrected chi connectivity index (χ1v) is 43.0. The summed E-state index contributed by atoms with van der Waals surface area (Å²) in [4.78, 5) is 34.8. The monoisotopic (exact) mass is 1490 g/mol. The van der Waals surface area contributed by atoms with Gasteiger partial charge in [0.2, 0.25) is 0 Å². The highest BCUT2D eigenvalue weighted by Crippen LogP contribution is 2.07. The van der Waals surface area contributed by atoms with E-state index in [4.69, 9.17) is 4.74 Å². The first-order chi connectivity index (χ1) is 50.5. The van der Waals surface area contributed by atoms with E-state index in [2.05, 4.69) is 86.3 Å². The van der Waals surface area contributed by atoms with Crippen LogP contribution in [-0.4, -0.2) is 140 Å². The van der Waals surface area contributed by atoms with Crippen molar-refractivity contribution in [1.29, 1.82) is 0 Å².